The van der Waals surface area contributed by atoms with E-state index in [1.54, 1.807) is 25.1 Å². The van der Waals surface area contributed by atoms with Gasteiger partial charge < -0.3 is 10.3 Å². The molecule has 0 atom stereocenters. The summed E-state index contributed by atoms with van der Waals surface area (Å²) in [6.45, 7) is 1.65. The van der Waals surface area contributed by atoms with Crippen molar-refractivity contribution in [1.82, 2.24) is 4.98 Å². The Balaban J connectivity index is 1.87. The van der Waals surface area contributed by atoms with Crippen molar-refractivity contribution >= 4 is 28.2 Å². The second-order valence-electron chi connectivity index (χ2n) is 4.98. The lowest BCUT2D eigenvalue weighted by Gasteiger charge is -2.05. The van der Waals surface area contributed by atoms with Gasteiger partial charge in [0.05, 0.1) is 4.92 Å². The van der Waals surface area contributed by atoms with E-state index in [2.05, 4.69) is 10.3 Å². The lowest BCUT2D eigenvalue weighted by molar-refractivity contribution is -0.385. The number of nitro benzene ring substituents is 1. The Kier molecular flexibility index (Phi) is 3.34. The smallest absolute Gasteiger partial charge is 0.274 e. The lowest BCUT2D eigenvalue weighted by Crippen LogP contribution is -2.12. The van der Waals surface area contributed by atoms with E-state index < -0.39 is 4.92 Å². The predicted molar refractivity (Wildman–Crippen MR) is 84.1 cm³/mol. The number of nitro groups is 1. The third-order valence-electron chi connectivity index (χ3n) is 3.44. The first-order valence-corrected chi connectivity index (χ1v) is 6.69. The molecule has 22 heavy (non-hydrogen) atoms. The number of benzene rings is 2. The first kappa shape index (κ1) is 13.8. The highest BCUT2D eigenvalue weighted by atomic mass is 16.6. The third kappa shape index (κ3) is 2.54. The molecule has 3 rings (SSSR count). The highest BCUT2D eigenvalue weighted by Crippen LogP contribution is 2.23. The van der Waals surface area contributed by atoms with Crippen LogP contribution in [0.1, 0.15) is 16.1 Å². The number of anilines is 1. The summed E-state index contributed by atoms with van der Waals surface area (Å²) in [5.74, 6) is -0.339. The number of hydrogen-bond donors (Lipinski definition) is 2. The molecule has 0 bridgehead atoms. The van der Waals surface area contributed by atoms with Crippen molar-refractivity contribution in [2.24, 2.45) is 0 Å². The quantitative estimate of drug-likeness (QED) is 0.571. The Bertz CT molecular complexity index is 850. The summed E-state index contributed by atoms with van der Waals surface area (Å²) < 4.78 is 0. The van der Waals surface area contributed by atoms with Gasteiger partial charge in [0.15, 0.2) is 0 Å². The van der Waals surface area contributed by atoms with Gasteiger partial charge in [-0.15, -0.1) is 0 Å². The van der Waals surface area contributed by atoms with Crippen molar-refractivity contribution < 1.29 is 9.72 Å². The molecule has 0 spiro atoms. The molecule has 1 amide bonds. The van der Waals surface area contributed by atoms with Gasteiger partial charge in [-0.2, -0.15) is 0 Å². The summed E-state index contributed by atoms with van der Waals surface area (Å²) >= 11 is 0. The van der Waals surface area contributed by atoms with Crippen LogP contribution in [-0.4, -0.2) is 15.8 Å². The van der Waals surface area contributed by atoms with Crippen molar-refractivity contribution in [3.05, 3.63) is 69.9 Å². The SMILES string of the molecule is Cc1ccc(NC(=O)c2cc3ccccc3[nH]2)cc1[N+](=O)[O-]. The van der Waals surface area contributed by atoms with E-state index in [-0.39, 0.29) is 11.6 Å². The van der Waals surface area contributed by atoms with Crippen molar-refractivity contribution in [2.75, 3.05) is 5.32 Å². The third-order valence-corrected chi connectivity index (χ3v) is 3.44. The molecular weight excluding hydrogens is 282 g/mol. The van der Waals surface area contributed by atoms with E-state index >= 15 is 0 Å². The summed E-state index contributed by atoms with van der Waals surface area (Å²) in [4.78, 5) is 25.7. The molecule has 1 heterocycles. The van der Waals surface area contributed by atoms with Crippen LogP contribution < -0.4 is 5.32 Å². The Hall–Kier alpha value is -3.15. The minimum atomic E-state index is -0.464. The molecule has 0 saturated carbocycles. The van der Waals surface area contributed by atoms with Crippen LogP contribution in [0.3, 0.4) is 0 Å². The fraction of sp³-hybridized carbons (Fsp3) is 0.0625. The van der Waals surface area contributed by atoms with Crippen LogP contribution in [0, 0.1) is 17.0 Å². The summed E-state index contributed by atoms with van der Waals surface area (Å²) in [5.41, 5.74) is 2.19. The van der Waals surface area contributed by atoms with Gasteiger partial charge in [-0.05, 0) is 25.1 Å². The molecule has 2 aromatic carbocycles. The number of rotatable bonds is 3. The number of nitrogens with zero attached hydrogens (tertiary/aromatic N) is 1. The number of carbonyl (C=O) groups excluding carboxylic acids is 1. The average molecular weight is 295 g/mol. The predicted octanol–water partition coefficient (Wildman–Crippen LogP) is 3.64. The monoisotopic (exact) mass is 295 g/mol. The molecule has 0 aliphatic rings. The molecule has 0 unspecified atom stereocenters. The molecule has 1 aromatic heterocycles. The zero-order valence-corrected chi connectivity index (χ0v) is 11.8. The lowest BCUT2D eigenvalue weighted by atomic mass is 10.2. The van der Waals surface area contributed by atoms with E-state index in [1.807, 2.05) is 24.3 Å². The zero-order chi connectivity index (χ0) is 15.7. The van der Waals surface area contributed by atoms with E-state index in [0.717, 1.165) is 10.9 Å². The van der Waals surface area contributed by atoms with Gasteiger partial charge in [0.2, 0.25) is 0 Å². The van der Waals surface area contributed by atoms with E-state index in [9.17, 15) is 14.9 Å². The van der Waals surface area contributed by atoms with Gasteiger partial charge >= 0.3 is 0 Å². The summed E-state index contributed by atoms with van der Waals surface area (Å²) in [7, 11) is 0. The van der Waals surface area contributed by atoms with Crippen LogP contribution in [0.15, 0.2) is 48.5 Å². The number of aromatic amines is 1. The average Bonchev–Trinajstić information content (AvgIpc) is 2.93. The summed E-state index contributed by atoms with van der Waals surface area (Å²) in [6, 6.07) is 13.9. The molecular formula is C16H13N3O3. The van der Waals surface area contributed by atoms with Gasteiger partial charge in [0.1, 0.15) is 5.69 Å². The molecule has 3 aromatic rings. The van der Waals surface area contributed by atoms with Crippen LogP contribution in [0.2, 0.25) is 0 Å². The largest absolute Gasteiger partial charge is 0.351 e. The van der Waals surface area contributed by atoms with Crippen molar-refractivity contribution in [2.45, 2.75) is 6.92 Å². The Labute approximate surface area is 125 Å². The Morgan fingerprint density at radius 1 is 1.18 bits per heavy atom. The van der Waals surface area contributed by atoms with Crippen molar-refractivity contribution in [3.8, 4) is 0 Å². The number of fused-ring (bicyclic) bond motifs is 1. The fourth-order valence-corrected chi connectivity index (χ4v) is 2.28. The number of nitrogens with one attached hydrogen (secondary N) is 2. The van der Waals surface area contributed by atoms with Crippen LogP contribution >= 0.6 is 0 Å². The molecule has 2 N–H and O–H groups in total. The van der Waals surface area contributed by atoms with Gasteiger partial charge in [-0.3, -0.25) is 14.9 Å². The highest BCUT2D eigenvalue weighted by molar-refractivity contribution is 6.06. The molecule has 0 aliphatic carbocycles. The summed E-state index contributed by atoms with van der Waals surface area (Å²) in [6.07, 6.45) is 0. The number of aryl methyl sites for hydroxylation is 1. The van der Waals surface area contributed by atoms with Crippen LogP contribution in [-0.2, 0) is 0 Å². The van der Waals surface area contributed by atoms with Crippen LogP contribution in [0.4, 0.5) is 11.4 Å². The van der Waals surface area contributed by atoms with Gasteiger partial charge in [-0.1, -0.05) is 24.3 Å². The minimum absolute atomic E-state index is 0.0190. The highest BCUT2D eigenvalue weighted by Gasteiger charge is 2.14. The second-order valence-corrected chi connectivity index (χ2v) is 4.98. The minimum Gasteiger partial charge on any atom is -0.351 e. The molecule has 0 saturated heterocycles. The standard InChI is InChI=1S/C16H13N3O3/c1-10-6-7-12(9-15(10)19(21)22)17-16(20)14-8-11-4-2-3-5-13(11)18-14/h2-9,18H,1H3,(H,17,20). The Morgan fingerprint density at radius 2 is 1.95 bits per heavy atom. The van der Waals surface area contributed by atoms with Crippen LogP contribution in [0.5, 0.6) is 0 Å². The maximum Gasteiger partial charge on any atom is 0.274 e. The number of aromatic nitrogens is 1. The van der Waals surface area contributed by atoms with Crippen molar-refractivity contribution in [3.63, 3.8) is 0 Å². The van der Waals surface area contributed by atoms with E-state index in [0.29, 0.717) is 16.9 Å². The first-order chi connectivity index (χ1) is 10.5. The van der Waals surface area contributed by atoms with Gasteiger partial charge in [-0.25, -0.2) is 0 Å². The molecule has 6 nitrogen and oxygen atoms in total. The molecule has 0 radical (unpaired) electrons. The molecule has 110 valence electrons. The number of hydrogen-bond acceptors (Lipinski definition) is 3. The Morgan fingerprint density at radius 3 is 2.68 bits per heavy atom. The van der Waals surface area contributed by atoms with E-state index in [1.165, 1.54) is 6.07 Å². The normalized spacial score (nSPS) is 10.6. The second kappa shape index (κ2) is 5.33. The summed E-state index contributed by atoms with van der Waals surface area (Å²) in [5, 5.41) is 14.5. The van der Waals surface area contributed by atoms with Crippen LogP contribution in [0.25, 0.3) is 10.9 Å². The number of para-hydroxylation sites is 1. The molecule has 6 heteroatoms. The fourth-order valence-electron chi connectivity index (χ4n) is 2.28. The van der Waals surface area contributed by atoms with Gasteiger partial charge in [0.25, 0.3) is 11.6 Å². The molecule has 0 aliphatic heterocycles. The molecule has 0 fully saturated rings. The maximum atomic E-state index is 12.2. The first-order valence-electron chi connectivity index (χ1n) is 6.69. The number of H-pyrrole nitrogens is 1. The number of carbonyl (C=O) groups is 1. The van der Waals surface area contributed by atoms with Gasteiger partial charge in [0, 0.05) is 28.2 Å². The zero-order valence-electron chi connectivity index (χ0n) is 11.8. The van der Waals surface area contributed by atoms with E-state index in [4.69, 9.17) is 0 Å². The maximum absolute atomic E-state index is 12.2. The number of amides is 1. The van der Waals surface area contributed by atoms with Crippen molar-refractivity contribution in [1.29, 1.82) is 0 Å². The topological polar surface area (TPSA) is 88.0 Å².